The van der Waals surface area contributed by atoms with Crippen molar-refractivity contribution >= 4 is 16.0 Å². The van der Waals surface area contributed by atoms with Gasteiger partial charge in [0.15, 0.2) is 0 Å². The number of nitrogens with one attached hydrogen (secondary N) is 2. The van der Waals surface area contributed by atoms with Crippen molar-refractivity contribution in [1.82, 2.24) is 9.44 Å². The van der Waals surface area contributed by atoms with Crippen LogP contribution in [-0.4, -0.2) is 33.1 Å². The predicted molar refractivity (Wildman–Crippen MR) is 48.6 cm³/mol. The van der Waals surface area contributed by atoms with E-state index in [9.17, 15) is 8.42 Å². The lowest BCUT2D eigenvalue weighted by Crippen LogP contribution is -2.39. The normalized spacial score (nSPS) is 15.7. The third-order valence-electron chi connectivity index (χ3n) is 1.47. The van der Waals surface area contributed by atoms with Gasteiger partial charge in [-0.25, -0.2) is 9.44 Å². The molecule has 0 radical (unpaired) electrons. The van der Waals surface area contributed by atoms with E-state index in [2.05, 4.69) is 14.6 Å². The maximum Gasteiger partial charge on any atom is 0.276 e. The monoisotopic (exact) mass is 210 g/mol. The SMILES string of the molecule is CNS(=O)(=O)NCC(C)C(N)=NO. The molecule has 0 aliphatic carbocycles. The average Bonchev–Trinajstić information content (AvgIpc) is 2.13. The van der Waals surface area contributed by atoms with Crippen molar-refractivity contribution in [2.24, 2.45) is 16.8 Å². The molecule has 5 N–H and O–H groups in total. The highest BCUT2D eigenvalue weighted by Gasteiger charge is 2.11. The molecule has 0 aliphatic heterocycles. The Labute approximate surface area is 77.2 Å². The van der Waals surface area contributed by atoms with Crippen LogP contribution >= 0.6 is 0 Å². The Hall–Kier alpha value is -0.860. The van der Waals surface area contributed by atoms with E-state index in [1.807, 2.05) is 0 Å². The van der Waals surface area contributed by atoms with Gasteiger partial charge in [-0.05, 0) is 0 Å². The molecule has 0 spiro atoms. The van der Waals surface area contributed by atoms with Crippen LogP contribution in [0.5, 0.6) is 0 Å². The summed E-state index contributed by atoms with van der Waals surface area (Å²) in [6, 6.07) is 0. The first kappa shape index (κ1) is 12.1. The Balaban J connectivity index is 4.05. The highest BCUT2D eigenvalue weighted by molar-refractivity contribution is 7.87. The second-order valence-corrected chi connectivity index (χ2v) is 4.19. The number of oxime groups is 1. The molecule has 0 saturated heterocycles. The summed E-state index contributed by atoms with van der Waals surface area (Å²) in [4.78, 5) is 0. The first-order valence-corrected chi connectivity index (χ1v) is 5.06. The number of nitrogens with two attached hydrogens (primary N) is 1. The highest BCUT2D eigenvalue weighted by Crippen LogP contribution is 1.92. The van der Waals surface area contributed by atoms with Crippen molar-refractivity contribution in [1.29, 1.82) is 0 Å². The topological polar surface area (TPSA) is 117 Å². The summed E-state index contributed by atoms with van der Waals surface area (Å²) in [5.74, 6) is -0.369. The van der Waals surface area contributed by atoms with E-state index >= 15 is 0 Å². The maximum absolute atomic E-state index is 10.8. The molecule has 0 aliphatic rings. The van der Waals surface area contributed by atoms with Gasteiger partial charge in [0, 0.05) is 19.5 Å². The van der Waals surface area contributed by atoms with Crippen molar-refractivity contribution in [3.63, 3.8) is 0 Å². The molecule has 0 aromatic rings. The van der Waals surface area contributed by atoms with Crippen LogP contribution in [-0.2, 0) is 10.2 Å². The fraction of sp³-hybridized carbons (Fsp3) is 0.800. The highest BCUT2D eigenvalue weighted by atomic mass is 32.2. The Bertz CT molecular complexity index is 274. The lowest BCUT2D eigenvalue weighted by Gasteiger charge is -2.10. The van der Waals surface area contributed by atoms with Crippen molar-refractivity contribution in [2.45, 2.75) is 6.92 Å². The third kappa shape index (κ3) is 4.65. The molecular formula is C5H14N4O3S. The number of hydrogen-bond donors (Lipinski definition) is 4. The minimum atomic E-state index is -3.45. The summed E-state index contributed by atoms with van der Waals surface area (Å²) in [7, 11) is -2.16. The molecule has 1 atom stereocenters. The van der Waals surface area contributed by atoms with Crippen LogP contribution in [0.15, 0.2) is 5.16 Å². The van der Waals surface area contributed by atoms with Gasteiger partial charge in [0.1, 0.15) is 5.84 Å². The Morgan fingerprint density at radius 2 is 2.23 bits per heavy atom. The first-order valence-electron chi connectivity index (χ1n) is 3.58. The van der Waals surface area contributed by atoms with Gasteiger partial charge >= 0.3 is 0 Å². The largest absolute Gasteiger partial charge is 0.409 e. The van der Waals surface area contributed by atoms with Crippen molar-refractivity contribution in [3.05, 3.63) is 0 Å². The minimum absolute atomic E-state index is 0.0150. The van der Waals surface area contributed by atoms with Crippen LogP contribution in [0.1, 0.15) is 6.92 Å². The fourth-order valence-electron chi connectivity index (χ4n) is 0.510. The maximum atomic E-state index is 10.8. The Morgan fingerprint density at radius 1 is 1.69 bits per heavy atom. The van der Waals surface area contributed by atoms with E-state index in [0.717, 1.165) is 0 Å². The van der Waals surface area contributed by atoms with Crippen molar-refractivity contribution in [2.75, 3.05) is 13.6 Å². The molecule has 0 amide bonds. The summed E-state index contributed by atoms with van der Waals surface area (Å²) in [6.07, 6.45) is 0. The summed E-state index contributed by atoms with van der Waals surface area (Å²) in [5.41, 5.74) is 5.23. The lowest BCUT2D eigenvalue weighted by molar-refractivity contribution is 0.314. The molecule has 0 aromatic carbocycles. The van der Waals surface area contributed by atoms with E-state index in [0.29, 0.717) is 0 Å². The molecular weight excluding hydrogens is 196 g/mol. The molecule has 78 valence electrons. The molecule has 13 heavy (non-hydrogen) atoms. The zero-order valence-electron chi connectivity index (χ0n) is 7.48. The lowest BCUT2D eigenvalue weighted by atomic mass is 10.2. The zero-order valence-corrected chi connectivity index (χ0v) is 8.30. The van der Waals surface area contributed by atoms with Crippen LogP contribution in [0.2, 0.25) is 0 Å². The van der Waals surface area contributed by atoms with E-state index in [4.69, 9.17) is 10.9 Å². The van der Waals surface area contributed by atoms with Crippen LogP contribution < -0.4 is 15.2 Å². The van der Waals surface area contributed by atoms with Gasteiger partial charge in [0.05, 0.1) is 0 Å². The quantitative estimate of drug-likeness (QED) is 0.190. The van der Waals surface area contributed by atoms with Gasteiger partial charge < -0.3 is 10.9 Å². The van der Waals surface area contributed by atoms with Crippen molar-refractivity contribution < 1.29 is 13.6 Å². The van der Waals surface area contributed by atoms with Gasteiger partial charge in [-0.15, -0.1) is 0 Å². The van der Waals surface area contributed by atoms with E-state index in [1.54, 1.807) is 6.92 Å². The Kier molecular flexibility index (Phi) is 4.67. The summed E-state index contributed by atoms with van der Waals surface area (Å²) in [5, 5.41) is 11.0. The van der Waals surface area contributed by atoms with Crippen LogP contribution in [0.3, 0.4) is 0 Å². The zero-order chi connectivity index (χ0) is 10.5. The van der Waals surface area contributed by atoms with Gasteiger partial charge in [-0.2, -0.15) is 8.42 Å². The molecule has 0 bridgehead atoms. The second-order valence-electron chi connectivity index (χ2n) is 2.48. The van der Waals surface area contributed by atoms with Gasteiger partial charge in [0.25, 0.3) is 10.2 Å². The molecule has 0 fully saturated rings. The molecule has 0 saturated carbocycles. The molecule has 1 unspecified atom stereocenters. The third-order valence-corrected chi connectivity index (χ3v) is 2.55. The van der Waals surface area contributed by atoms with Gasteiger partial charge in [-0.3, -0.25) is 0 Å². The van der Waals surface area contributed by atoms with E-state index in [-0.39, 0.29) is 18.3 Å². The van der Waals surface area contributed by atoms with Gasteiger partial charge in [-0.1, -0.05) is 12.1 Å². The van der Waals surface area contributed by atoms with E-state index in [1.165, 1.54) is 7.05 Å². The number of hydrogen-bond acceptors (Lipinski definition) is 4. The van der Waals surface area contributed by atoms with Crippen molar-refractivity contribution in [3.8, 4) is 0 Å². The summed E-state index contributed by atoms with van der Waals surface area (Å²) >= 11 is 0. The number of rotatable bonds is 5. The molecule has 0 aromatic heterocycles. The Morgan fingerprint density at radius 3 is 2.62 bits per heavy atom. The number of nitrogens with zero attached hydrogens (tertiary/aromatic N) is 1. The average molecular weight is 210 g/mol. The first-order chi connectivity index (χ1) is 5.93. The molecule has 0 heterocycles. The minimum Gasteiger partial charge on any atom is -0.409 e. The standard InChI is InChI=1S/C5H14N4O3S/c1-4(5(6)9-10)3-8-13(11,12)7-2/h4,7-8,10H,3H2,1-2H3,(H2,6,9). The fourth-order valence-corrected chi connectivity index (χ4v) is 1.12. The van der Waals surface area contributed by atoms with Crippen LogP contribution in [0.25, 0.3) is 0 Å². The molecule has 8 heteroatoms. The van der Waals surface area contributed by atoms with Gasteiger partial charge in [0.2, 0.25) is 0 Å². The molecule has 0 rings (SSSR count). The summed E-state index contributed by atoms with van der Waals surface area (Å²) < 4.78 is 26.0. The van der Waals surface area contributed by atoms with Crippen LogP contribution in [0, 0.1) is 5.92 Å². The predicted octanol–water partition coefficient (Wildman–Crippen LogP) is -1.58. The molecule has 7 nitrogen and oxygen atoms in total. The number of amidine groups is 1. The van der Waals surface area contributed by atoms with E-state index < -0.39 is 10.2 Å². The summed E-state index contributed by atoms with van der Waals surface area (Å²) in [6.45, 7) is 1.71. The second kappa shape index (κ2) is 5.00. The smallest absolute Gasteiger partial charge is 0.276 e. The van der Waals surface area contributed by atoms with Crippen LogP contribution in [0.4, 0.5) is 0 Å².